The number of piperidine rings is 1. The Morgan fingerprint density at radius 2 is 2.20 bits per heavy atom. The molecule has 15 heavy (non-hydrogen) atoms. The number of aliphatic carboxylic acids is 1. The molecule has 5 heteroatoms. The van der Waals surface area contributed by atoms with Gasteiger partial charge in [0.25, 0.3) is 0 Å². The zero-order chi connectivity index (χ0) is 11.1. The van der Waals surface area contributed by atoms with E-state index in [9.17, 15) is 4.79 Å². The van der Waals surface area contributed by atoms with Crippen molar-refractivity contribution in [1.82, 2.24) is 4.90 Å². The van der Waals surface area contributed by atoms with Crippen molar-refractivity contribution in [3.05, 3.63) is 11.6 Å². The largest absolute Gasteiger partial charge is 0.480 e. The van der Waals surface area contributed by atoms with E-state index in [0.29, 0.717) is 0 Å². The highest BCUT2D eigenvalue weighted by Gasteiger charge is 2.19. The van der Waals surface area contributed by atoms with Crippen molar-refractivity contribution < 1.29 is 14.6 Å². The summed E-state index contributed by atoms with van der Waals surface area (Å²) in [5, 5.41) is 8.45. The van der Waals surface area contributed by atoms with Gasteiger partial charge in [0.1, 0.15) is 6.61 Å². The summed E-state index contributed by atoms with van der Waals surface area (Å²) in [5.41, 5.74) is 1.52. The molecule has 0 amide bonds. The second-order valence-electron chi connectivity index (χ2n) is 3.57. The third kappa shape index (κ3) is 5.16. The third-order valence-electron chi connectivity index (χ3n) is 2.43. The first-order valence-electron chi connectivity index (χ1n) is 5.03. The average Bonchev–Trinajstić information content (AvgIpc) is 2.25. The van der Waals surface area contributed by atoms with Gasteiger partial charge in [0.15, 0.2) is 0 Å². The van der Waals surface area contributed by atoms with Gasteiger partial charge in [-0.25, -0.2) is 4.79 Å². The Kier molecular flexibility index (Phi) is 5.68. The first kappa shape index (κ1) is 12.5. The molecule has 0 aromatic carbocycles. The molecule has 1 heterocycles. The molecule has 0 aromatic rings. The molecule has 1 aliphatic rings. The van der Waals surface area contributed by atoms with Crippen molar-refractivity contribution in [3.8, 4) is 0 Å². The smallest absolute Gasteiger partial charge is 0.329 e. The van der Waals surface area contributed by atoms with Crippen LogP contribution >= 0.6 is 11.6 Å². The standard InChI is InChI=1S/C10H16ClNO3/c11-4-1-5-12-6-2-9(3-7-12)15-8-10(13)14/h1,4,9H,2-3,5-8H2,(H,13,14). The summed E-state index contributed by atoms with van der Waals surface area (Å²) in [6, 6.07) is 0. The predicted octanol–water partition coefficient (Wildman–Crippen LogP) is 1.30. The Morgan fingerprint density at radius 3 is 2.73 bits per heavy atom. The van der Waals surface area contributed by atoms with E-state index in [-0.39, 0.29) is 12.7 Å². The molecule has 4 nitrogen and oxygen atoms in total. The second-order valence-corrected chi connectivity index (χ2v) is 3.82. The van der Waals surface area contributed by atoms with Gasteiger partial charge >= 0.3 is 5.97 Å². The highest BCUT2D eigenvalue weighted by atomic mass is 35.5. The molecular formula is C10H16ClNO3. The molecule has 1 aliphatic heterocycles. The Bertz CT molecular complexity index is 225. The van der Waals surface area contributed by atoms with Crippen LogP contribution in [0.5, 0.6) is 0 Å². The fraction of sp³-hybridized carbons (Fsp3) is 0.700. The van der Waals surface area contributed by atoms with Crippen molar-refractivity contribution in [2.24, 2.45) is 0 Å². The SMILES string of the molecule is O=C(O)COC1CCN(CC=CCl)CC1. The lowest BCUT2D eigenvalue weighted by molar-refractivity contribution is -0.145. The molecule has 0 aromatic heterocycles. The van der Waals surface area contributed by atoms with Gasteiger partial charge in [-0.05, 0) is 12.8 Å². The minimum atomic E-state index is -0.900. The van der Waals surface area contributed by atoms with Crippen LogP contribution in [-0.2, 0) is 9.53 Å². The minimum absolute atomic E-state index is 0.0948. The van der Waals surface area contributed by atoms with Crippen molar-refractivity contribution in [2.75, 3.05) is 26.2 Å². The van der Waals surface area contributed by atoms with Crippen molar-refractivity contribution >= 4 is 17.6 Å². The highest BCUT2D eigenvalue weighted by Crippen LogP contribution is 2.13. The molecular weight excluding hydrogens is 218 g/mol. The summed E-state index contributed by atoms with van der Waals surface area (Å²) < 4.78 is 5.23. The number of halogens is 1. The number of hydrogen-bond acceptors (Lipinski definition) is 3. The number of carbonyl (C=O) groups is 1. The summed E-state index contributed by atoms with van der Waals surface area (Å²) in [6.07, 6.45) is 3.78. The molecule has 0 bridgehead atoms. The zero-order valence-corrected chi connectivity index (χ0v) is 9.32. The number of nitrogens with zero attached hydrogens (tertiary/aromatic N) is 1. The van der Waals surface area contributed by atoms with Crippen LogP contribution in [0.25, 0.3) is 0 Å². The van der Waals surface area contributed by atoms with Crippen LogP contribution in [0.4, 0.5) is 0 Å². The molecule has 0 atom stereocenters. The maximum absolute atomic E-state index is 10.3. The maximum atomic E-state index is 10.3. The lowest BCUT2D eigenvalue weighted by atomic mass is 10.1. The van der Waals surface area contributed by atoms with Crippen molar-refractivity contribution in [2.45, 2.75) is 18.9 Å². The number of likely N-dealkylation sites (tertiary alicyclic amines) is 1. The second kappa shape index (κ2) is 6.82. The molecule has 0 aliphatic carbocycles. The molecule has 1 fully saturated rings. The normalized spacial score (nSPS) is 19.8. The van der Waals surface area contributed by atoms with Gasteiger partial charge in [0.05, 0.1) is 6.10 Å². The topological polar surface area (TPSA) is 49.8 Å². The Hall–Kier alpha value is -0.580. The highest BCUT2D eigenvalue weighted by molar-refractivity contribution is 6.25. The monoisotopic (exact) mass is 233 g/mol. The number of hydrogen-bond donors (Lipinski definition) is 1. The summed E-state index contributed by atoms with van der Waals surface area (Å²) >= 11 is 5.44. The number of carboxylic acid groups (broad SMARTS) is 1. The number of ether oxygens (including phenoxy) is 1. The molecule has 0 saturated carbocycles. The van der Waals surface area contributed by atoms with E-state index >= 15 is 0 Å². The zero-order valence-electron chi connectivity index (χ0n) is 8.56. The lowest BCUT2D eigenvalue weighted by Gasteiger charge is -2.30. The molecule has 1 saturated heterocycles. The first-order chi connectivity index (χ1) is 7.22. The van der Waals surface area contributed by atoms with Crippen LogP contribution in [0.1, 0.15) is 12.8 Å². The van der Waals surface area contributed by atoms with Crippen molar-refractivity contribution in [3.63, 3.8) is 0 Å². The van der Waals surface area contributed by atoms with E-state index in [2.05, 4.69) is 4.90 Å². The van der Waals surface area contributed by atoms with E-state index in [1.54, 1.807) is 0 Å². The van der Waals surface area contributed by atoms with Gasteiger partial charge in [-0.15, -0.1) is 0 Å². The molecule has 1 rings (SSSR count). The van der Waals surface area contributed by atoms with Crippen molar-refractivity contribution in [1.29, 1.82) is 0 Å². The van der Waals surface area contributed by atoms with Gasteiger partial charge in [-0.2, -0.15) is 0 Å². The fourth-order valence-corrected chi connectivity index (χ4v) is 1.72. The third-order valence-corrected chi connectivity index (χ3v) is 2.61. The molecule has 86 valence electrons. The Balaban J connectivity index is 2.15. The Labute approximate surface area is 94.5 Å². The number of rotatable bonds is 5. The molecule has 0 radical (unpaired) electrons. The van der Waals surface area contributed by atoms with Gasteiger partial charge in [-0.1, -0.05) is 17.7 Å². The molecule has 0 spiro atoms. The van der Waals surface area contributed by atoms with E-state index in [4.69, 9.17) is 21.4 Å². The predicted molar refractivity (Wildman–Crippen MR) is 58.0 cm³/mol. The number of carboxylic acids is 1. The van der Waals surface area contributed by atoms with Crippen LogP contribution in [0.2, 0.25) is 0 Å². The van der Waals surface area contributed by atoms with Crippen LogP contribution in [0.15, 0.2) is 11.6 Å². The van der Waals surface area contributed by atoms with E-state index in [1.807, 2.05) is 6.08 Å². The fourth-order valence-electron chi connectivity index (χ4n) is 1.64. The van der Waals surface area contributed by atoms with Crippen LogP contribution < -0.4 is 0 Å². The van der Waals surface area contributed by atoms with E-state index in [1.165, 1.54) is 5.54 Å². The van der Waals surface area contributed by atoms with Crippen LogP contribution in [0.3, 0.4) is 0 Å². The Morgan fingerprint density at radius 1 is 1.53 bits per heavy atom. The quantitative estimate of drug-likeness (QED) is 0.778. The van der Waals surface area contributed by atoms with Gasteiger partial charge < -0.3 is 9.84 Å². The summed E-state index contributed by atoms with van der Waals surface area (Å²) in [7, 11) is 0. The lowest BCUT2D eigenvalue weighted by Crippen LogP contribution is -2.37. The van der Waals surface area contributed by atoms with E-state index < -0.39 is 5.97 Å². The maximum Gasteiger partial charge on any atom is 0.329 e. The average molecular weight is 234 g/mol. The molecule has 1 N–H and O–H groups in total. The van der Waals surface area contributed by atoms with Crippen LogP contribution in [0, 0.1) is 0 Å². The minimum Gasteiger partial charge on any atom is -0.480 e. The summed E-state index contributed by atoms with van der Waals surface area (Å²) in [4.78, 5) is 12.6. The van der Waals surface area contributed by atoms with Gasteiger partial charge in [0, 0.05) is 25.2 Å². The van der Waals surface area contributed by atoms with E-state index in [0.717, 1.165) is 32.5 Å². The first-order valence-corrected chi connectivity index (χ1v) is 5.47. The summed E-state index contributed by atoms with van der Waals surface area (Å²) in [5.74, 6) is -0.900. The van der Waals surface area contributed by atoms with Gasteiger partial charge in [-0.3, -0.25) is 4.90 Å². The molecule has 0 unspecified atom stereocenters. The van der Waals surface area contributed by atoms with Crippen LogP contribution in [-0.4, -0.2) is 48.3 Å². The van der Waals surface area contributed by atoms with Gasteiger partial charge in [0.2, 0.25) is 0 Å². The summed E-state index contributed by atoms with van der Waals surface area (Å²) in [6.45, 7) is 2.54.